The number of rotatable bonds is 46. The first kappa shape index (κ1) is 56.4. The maximum absolute atomic E-state index is 12.8. The molecule has 6 nitrogen and oxygen atoms in total. The second-order valence-electron chi connectivity index (χ2n) is 18.5. The molecule has 0 aliphatic heterocycles. The molecule has 0 aromatic carbocycles. The molecule has 0 N–H and O–H groups in total. The minimum Gasteiger partial charge on any atom is -0.462 e. The number of esters is 3. The molecule has 0 rings (SSSR count). The summed E-state index contributed by atoms with van der Waals surface area (Å²) in [6.07, 6.45) is 45.1. The van der Waals surface area contributed by atoms with Crippen molar-refractivity contribution in [2.45, 2.75) is 291 Å². The second kappa shape index (κ2) is 44.9. The van der Waals surface area contributed by atoms with Crippen molar-refractivity contribution in [3.63, 3.8) is 0 Å². The molecule has 0 aromatic rings. The first-order valence-corrected chi connectivity index (χ1v) is 25.8. The molecular weight excluding hydrogens is 721 g/mol. The molecule has 0 radical (unpaired) electrons. The van der Waals surface area contributed by atoms with Crippen LogP contribution in [-0.2, 0) is 28.6 Å². The van der Waals surface area contributed by atoms with Crippen molar-refractivity contribution in [1.82, 2.24) is 0 Å². The van der Waals surface area contributed by atoms with Gasteiger partial charge in [-0.2, -0.15) is 0 Å². The van der Waals surface area contributed by atoms with Gasteiger partial charge in [-0.15, -0.1) is 0 Å². The summed E-state index contributed by atoms with van der Waals surface area (Å²) < 4.78 is 16.8. The van der Waals surface area contributed by atoms with Crippen LogP contribution in [0.1, 0.15) is 285 Å². The minimum atomic E-state index is -0.762. The lowest BCUT2D eigenvalue weighted by Crippen LogP contribution is -2.30. The normalized spacial score (nSPS) is 12.5. The lowest BCUT2D eigenvalue weighted by atomic mass is 9.99. The number of carbonyl (C=O) groups excluding carboxylic acids is 3. The van der Waals surface area contributed by atoms with Gasteiger partial charge in [-0.25, -0.2) is 0 Å². The molecule has 58 heavy (non-hydrogen) atoms. The predicted octanol–water partition coefficient (Wildman–Crippen LogP) is 16.5. The van der Waals surface area contributed by atoms with E-state index < -0.39 is 6.10 Å². The average molecular weight is 821 g/mol. The van der Waals surface area contributed by atoms with Gasteiger partial charge in [0.15, 0.2) is 6.10 Å². The molecule has 0 aliphatic carbocycles. The van der Waals surface area contributed by atoms with E-state index >= 15 is 0 Å². The Balaban J connectivity index is 4.32. The monoisotopic (exact) mass is 821 g/mol. The molecule has 0 fully saturated rings. The molecule has 0 heterocycles. The summed E-state index contributed by atoms with van der Waals surface area (Å²) in [6, 6.07) is 0. The van der Waals surface area contributed by atoms with Crippen LogP contribution in [0.5, 0.6) is 0 Å². The van der Waals surface area contributed by atoms with E-state index in [0.717, 1.165) is 69.6 Å². The second-order valence-corrected chi connectivity index (χ2v) is 18.5. The van der Waals surface area contributed by atoms with Crippen molar-refractivity contribution in [2.75, 3.05) is 13.2 Å². The maximum Gasteiger partial charge on any atom is 0.306 e. The Labute approximate surface area is 361 Å². The molecule has 2 atom stereocenters. The molecule has 1 unspecified atom stereocenters. The van der Waals surface area contributed by atoms with Crippen LogP contribution in [0.3, 0.4) is 0 Å². The van der Waals surface area contributed by atoms with Crippen LogP contribution in [-0.4, -0.2) is 37.2 Å². The SMILES string of the molecule is CCCCCCCCCCCCCCCCCC(=O)OC[C@H](COC(=O)CCCCCCCCCCC(C)CC)OC(=O)CCCCCCCCCCCCC(C)C. The fraction of sp³-hybridized carbons (Fsp3) is 0.942. The molecule has 0 spiro atoms. The van der Waals surface area contributed by atoms with Gasteiger partial charge in [-0.3, -0.25) is 14.4 Å². The van der Waals surface area contributed by atoms with Gasteiger partial charge >= 0.3 is 17.9 Å². The van der Waals surface area contributed by atoms with Crippen LogP contribution in [0.2, 0.25) is 0 Å². The van der Waals surface area contributed by atoms with Crippen LogP contribution >= 0.6 is 0 Å². The lowest BCUT2D eigenvalue weighted by Gasteiger charge is -2.18. The van der Waals surface area contributed by atoms with E-state index in [0.29, 0.717) is 19.3 Å². The van der Waals surface area contributed by atoms with Gasteiger partial charge in [0.1, 0.15) is 13.2 Å². The number of hydrogen-bond acceptors (Lipinski definition) is 6. The summed E-state index contributed by atoms with van der Waals surface area (Å²) >= 11 is 0. The van der Waals surface area contributed by atoms with Crippen LogP contribution in [0.15, 0.2) is 0 Å². The zero-order chi connectivity index (χ0) is 42.6. The molecule has 6 heteroatoms. The van der Waals surface area contributed by atoms with E-state index in [4.69, 9.17) is 14.2 Å². The minimum absolute atomic E-state index is 0.0641. The van der Waals surface area contributed by atoms with Crippen LogP contribution in [0.25, 0.3) is 0 Å². The Morgan fingerprint density at radius 1 is 0.362 bits per heavy atom. The Hall–Kier alpha value is -1.59. The smallest absolute Gasteiger partial charge is 0.306 e. The van der Waals surface area contributed by atoms with E-state index in [9.17, 15) is 14.4 Å². The number of hydrogen-bond donors (Lipinski definition) is 0. The fourth-order valence-corrected chi connectivity index (χ4v) is 7.78. The zero-order valence-corrected chi connectivity index (χ0v) is 39.7. The Bertz CT molecular complexity index is 887. The van der Waals surface area contributed by atoms with E-state index in [1.54, 1.807) is 0 Å². The maximum atomic E-state index is 12.8. The van der Waals surface area contributed by atoms with E-state index in [1.807, 2.05) is 0 Å². The van der Waals surface area contributed by atoms with Gasteiger partial charge in [0, 0.05) is 19.3 Å². The van der Waals surface area contributed by atoms with Gasteiger partial charge in [0.2, 0.25) is 0 Å². The number of carbonyl (C=O) groups is 3. The van der Waals surface area contributed by atoms with Gasteiger partial charge < -0.3 is 14.2 Å². The van der Waals surface area contributed by atoms with Gasteiger partial charge in [-0.05, 0) is 31.1 Å². The highest BCUT2D eigenvalue weighted by molar-refractivity contribution is 5.71. The van der Waals surface area contributed by atoms with Crippen LogP contribution in [0.4, 0.5) is 0 Å². The van der Waals surface area contributed by atoms with E-state index in [-0.39, 0.29) is 31.1 Å². The number of ether oxygens (including phenoxy) is 3. The lowest BCUT2D eigenvalue weighted by molar-refractivity contribution is -0.167. The highest BCUT2D eigenvalue weighted by Crippen LogP contribution is 2.18. The highest BCUT2D eigenvalue weighted by Gasteiger charge is 2.19. The van der Waals surface area contributed by atoms with Crippen LogP contribution in [0, 0.1) is 11.8 Å². The van der Waals surface area contributed by atoms with Crippen molar-refractivity contribution < 1.29 is 28.6 Å². The summed E-state index contributed by atoms with van der Waals surface area (Å²) in [5, 5.41) is 0. The molecule has 0 bridgehead atoms. The fourth-order valence-electron chi connectivity index (χ4n) is 7.78. The Kier molecular flexibility index (Phi) is 43.7. The van der Waals surface area contributed by atoms with Gasteiger partial charge in [0.05, 0.1) is 0 Å². The predicted molar refractivity (Wildman–Crippen MR) is 247 cm³/mol. The largest absolute Gasteiger partial charge is 0.462 e. The van der Waals surface area contributed by atoms with E-state index in [2.05, 4.69) is 34.6 Å². The summed E-state index contributed by atoms with van der Waals surface area (Å²) in [5.74, 6) is 0.814. The van der Waals surface area contributed by atoms with Crippen LogP contribution < -0.4 is 0 Å². The highest BCUT2D eigenvalue weighted by atomic mass is 16.6. The molecular formula is C52H100O6. The Morgan fingerprint density at radius 3 is 0.983 bits per heavy atom. The average Bonchev–Trinajstić information content (AvgIpc) is 3.21. The van der Waals surface area contributed by atoms with Gasteiger partial charge in [-0.1, -0.05) is 247 Å². The third kappa shape index (κ3) is 44.0. The third-order valence-electron chi connectivity index (χ3n) is 12.1. The molecule has 0 aromatic heterocycles. The van der Waals surface area contributed by atoms with Crippen molar-refractivity contribution in [3.8, 4) is 0 Å². The molecule has 0 aliphatic rings. The topological polar surface area (TPSA) is 78.9 Å². The number of unbranched alkanes of at least 4 members (excludes halogenated alkanes) is 30. The van der Waals surface area contributed by atoms with Gasteiger partial charge in [0.25, 0.3) is 0 Å². The summed E-state index contributed by atoms with van der Waals surface area (Å²) in [6.45, 7) is 11.4. The first-order valence-electron chi connectivity index (χ1n) is 25.8. The van der Waals surface area contributed by atoms with Crippen molar-refractivity contribution in [2.24, 2.45) is 11.8 Å². The summed E-state index contributed by atoms with van der Waals surface area (Å²) in [4.78, 5) is 37.9. The standard InChI is InChI=1S/C52H100O6/c1-6-8-9-10-11-12-13-14-15-16-17-21-27-32-37-42-50(53)56-45-49(46-57-51(54)43-38-33-28-24-23-26-31-36-41-48(5)7-2)58-52(55)44-39-34-29-22-19-18-20-25-30-35-40-47(3)4/h47-49H,6-46H2,1-5H3/t48?,49-/m1/s1. The third-order valence-corrected chi connectivity index (χ3v) is 12.1. The summed E-state index contributed by atoms with van der Waals surface area (Å²) in [7, 11) is 0. The van der Waals surface area contributed by atoms with Crippen molar-refractivity contribution in [3.05, 3.63) is 0 Å². The molecule has 0 amide bonds. The van der Waals surface area contributed by atoms with Crippen molar-refractivity contribution in [1.29, 1.82) is 0 Å². The van der Waals surface area contributed by atoms with E-state index in [1.165, 1.54) is 173 Å². The summed E-state index contributed by atoms with van der Waals surface area (Å²) in [5.41, 5.74) is 0. The van der Waals surface area contributed by atoms with Crippen molar-refractivity contribution >= 4 is 17.9 Å². The molecule has 0 saturated heterocycles. The zero-order valence-electron chi connectivity index (χ0n) is 39.7. The molecule has 344 valence electrons. The quantitative estimate of drug-likeness (QED) is 0.0346. The first-order chi connectivity index (χ1) is 28.3. The Morgan fingerprint density at radius 2 is 0.655 bits per heavy atom. The molecule has 0 saturated carbocycles.